The Bertz CT molecular complexity index is 1160. The van der Waals surface area contributed by atoms with Crippen LogP contribution in [-0.2, 0) is 0 Å². The minimum absolute atomic E-state index is 0.00207. The van der Waals surface area contributed by atoms with E-state index >= 15 is 0 Å². The number of carbonyl (C=O) groups is 1. The minimum atomic E-state index is -1.20. The molecule has 3 aromatic rings. The zero-order valence-corrected chi connectivity index (χ0v) is 16.2. The number of pyridine rings is 1. The van der Waals surface area contributed by atoms with Crippen LogP contribution in [0.25, 0.3) is 10.9 Å². The number of nitrogens with one attached hydrogen (secondary N) is 1. The average molecular weight is 405 g/mol. The van der Waals surface area contributed by atoms with Gasteiger partial charge in [-0.25, -0.2) is 9.37 Å². The van der Waals surface area contributed by atoms with Gasteiger partial charge in [0, 0.05) is 17.1 Å². The lowest BCUT2D eigenvalue weighted by atomic mass is 10.1. The number of hydrogen-bond donors (Lipinski definition) is 1. The molecule has 0 bridgehead atoms. The number of aromatic nitrogens is 2. The summed E-state index contributed by atoms with van der Waals surface area (Å²) in [5.74, 6) is -3.34. The molecular formula is C19H17F2N3O3S. The largest absolute Gasteiger partial charge is 0.491 e. The molecule has 0 radical (unpaired) electrons. The Kier molecular flexibility index (Phi) is 4.41. The Labute approximate surface area is 162 Å². The van der Waals surface area contributed by atoms with Gasteiger partial charge in [0.15, 0.2) is 16.7 Å². The van der Waals surface area contributed by atoms with Crippen LogP contribution in [0.3, 0.4) is 0 Å². The highest BCUT2D eigenvalue weighted by atomic mass is 32.1. The number of rotatable bonds is 4. The van der Waals surface area contributed by atoms with E-state index in [2.05, 4.69) is 10.3 Å². The summed E-state index contributed by atoms with van der Waals surface area (Å²) in [7, 11) is 1.22. The molecule has 1 aromatic carbocycles. The third-order valence-corrected chi connectivity index (χ3v) is 5.79. The average Bonchev–Trinajstić information content (AvgIpc) is 3.43. The van der Waals surface area contributed by atoms with Gasteiger partial charge in [-0.2, -0.15) is 4.39 Å². The second kappa shape index (κ2) is 6.66. The molecule has 1 N–H and O–H groups in total. The molecule has 0 unspecified atom stereocenters. The summed E-state index contributed by atoms with van der Waals surface area (Å²) < 4.78 is 34.9. The second-order valence-corrected chi connectivity index (χ2v) is 7.93. The number of thiazole rings is 1. The first-order valence-corrected chi connectivity index (χ1v) is 9.49. The van der Waals surface area contributed by atoms with E-state index in [-0.39, 0.29) is 28.3 Å². The van der Waals surface area contributed by atoms with Crippen LogP contribution in [0.15, 0.2) is 17.1 Å². The smallest absolute Gasteiger partial charge is 0.262 e. The van der Waals surface area contributed by atoms with Crippen molar-refractivity contribution in [1.29, 1.82) is 0 Å². The van der Waals surface area contributed by atoms with E-state index in [4.69, 9.17) is 4.74 Å². The summed E-state index contributed by atoms with van der Waals surface area (Å²) >= 11 is 1.30. The van der Waals surface area contributed by atoms with Crippen LogP contribution in [0, 0.1) is 25.5 Å². The van der Waals surface area contributed by atoms with Gasteiger partial charge in [-0.3, -0.25) is 14.9 Å². The predicted octanol–water partition coefficient (Wildman–Crippen LogP) is 3.95. The molecule has 0 saturated heterocycles. The first-order valence-electron chi connectivity index (χ1n) is 8.68. The van der Waals surface area contributed by atoms with Crippen LogP contribution in [0.2, 0.25) is 0 Å². The number of fused-ring (bicyclic) bond motifs is 1. The fourth-order valence-electron chi connectivity index (χ4n) is 3.11. The van der Waals surface area contributed by atoms with E-state index in [0.29, 0.717) is 5.13 Å². The van der Waals surface area contributed by atoms with E-state index in [9.17, 15) is 18.4 Å². The van der Waals surface area contributed by atoms with Crippen LogP contribution in [0.5, 0.6) is 5.75 Å². The number of ether oxygens (including phenoxy) is 1. The molecule has 0 spiro atoms. The molecule has 146 valence electrons. The summed E-state index contributed by atoms with van der Waals surface area (Å²) in [6.45, 7) is 3.70. The highest BCUT2D eigenvalue weighted by Crippen LogP contribution is 2.40. The molecule has 4 rings (SSSR count). The molecular weight excluding hydrogens is 388 g/mol. The maximum atomic E-state index is 14.2. The minimum Gasteiger partial charge on any atom is -0.491 e. The summed E-state index contributed by atoms with van der Waals surface area (Å²) in [5.41, 5.74) is 0.104. The molecule has 9 heteroatoms. The third kappa shape index (κ3) is 2.95. The first kappa shape index (κ1) is 18.5. The van der Waals surface area contributed by atoms with Gasteiger partial charge in [-0.1, -0.05) is 0 Å². The SMILES string of the molecule is COc1c(F)c(F)cc2c(=O)c(C(=O)Nc3nc(C)c(C)s3)cn(C3CC3)c12. The van der Waals surface area contributed by atoms with Gasteiger partial charge in [-0.15, -0.1) is 11.3 Å². The van der Waals surface area contributed by atoms with E-state index in [0.717, 1.165) is 29.5 Å². The van der Waals surface area contributed by atoms with Gasteiger partial charge in [-0.05, 0) is 32.8 Å². The highest BCUT2D eigenvalue weighted by Gasteiger charge is 2.30. The molecule has 1 fully saturated rings. The Balaban J connectivity index is 1.90. The monoisotopic (exact) mass is 405 g/mol. The number of benzene rings is 1. The number of carbonyl (C=O) groups excluding carboxylic acids is 1. The molecule has 0 atom stereocenters. The van der Waals surface area contributed by atoms with E-state index < -0.39 is 23.0 Å². The van der Waals surface area contributed by atoms with Gasteiger partial charge in [0.05, 0.1) is 23.7 Å². The molecule has 1 saturated carbocycles. The molecule has 0 aliphatic heterocycles. The van der Waals surface area contributed by atoms with Crippen molar-refractivity contribution in [2.45, 2.75) is 32.7 Å². The summed E-state index contributed by atoms with van der Waals surface area (Å²) in [5, 5.41) is 2.90. The second-order valence-electron chi connectivity index (χ2n) is 6.73. The molecule has 1 amide bonds. The maximum absolute atomic E-state index is 14.2. The van der Waals surface area contributed by atoms with Crippen molar-refractivity contribution in [3.8, 4) is 5.75 Å². The van der Waals surface area contributed by atoms with Crippen molar-refractivity contribution in [3.05, 3.63) is 50.3 Å². The quantitative estimate of drug-likeness (QED) is 0.713. The van der Waals surface area contributed by atoms with Gasteiger partial charge >= 0.3 is 0 Å². The zero-order valence-electron chi connectivity index (χ0n) is 15.4. The molecule has 2 aromatic heterocycles. The van der Waals surface area contributed by atoms with Gasteiger partial charge in [0.1, 0.15) is 5.56 Å². The molecule has 1 aliphatic carbocycles. The predicted molar refractivity (Wildman–Crippen MR) is 102 cm³/mol. The lowest BCUT2D eigenvalue weighted by molar-refractivity contribution is 0.102. The number of amides is 1. The number of nitrogens with zero attached hydrogens (tertiary/aromatic N) is 2. The topological polar surface area (TPSA) is 73.2 Å². The molecule has 6 nitrogen and oxygen atoms in total. The Morgan fingerprint density at radius 3 is 2.64 bits per heavy atom. The van der Waals surface area contributed by atoms with Crippen molar-refractivity contribution in [2.75, 3.05) is 12.4 Å². The molecule has 28 heavy (non-hydrogen) atoms. The summed E-state index contributed by atoms with van der Waals surface area (Å²) in [6, 6.07) is 0.820. The fourth-order valence-corrected chi connectivity index (χ4v) is 3.92. The number of methoxy groups -OCH3 is 1. The number of aryl methyl sites for hydroxylation is 2. The Morgan fingerprint density at radius 2 is 2.07 bits per heavy atom. The lowest BCUT2D eigenvalue weighted by Crippen LogP contribution is -2.24. The zero-order chi connectivity index (χ0) is 20.2. The lowest BCUT2D eigenvalue weighted by Gasteiger charge is -2.16. The highest BCUT2D eigenvalue weighted by molar-refractivity contribution is 7.15. The van der Waals surface area contributed by atoms with E-state index in [1.807, 2.05) is 13.8 Å². The molecule has 1 aliphatic rings. The number of hydrogen-bond acceptors (Lipinski definition) is 5. The number of halogens is 2. The van der Waals surface area contributed by atoms with Crippen LogP contribution in [-0.4, -0.2) is 22.6 Å². The van der Waals surface area contributed by atoms with Crippen molar-refractivity contribution >= 4 is 33.3 Å². The molecule has 2 heterocycles. The maximum Gasteiger partial charge on any atom is 0.262 e. The standard InChI is InChI=1S/C19H17F2N3O3S/c1-8-9(2)28-19(22-8)23-18(26)12-7-24(10-4-5-10)15-11(16(12)25)6-13(20)14(21)17(15)27-3/h6-7,10H,4-5H2,1-3H3,(H,22,23,26). The fraction of sp³-hybridized carbons (Fsp3) is 0.316. The van der Waals surface area contributed by atoms with E-state index in [1.165, 1.54) is 24.6 Å². The van der Waals surface area contributed by atoms with Gasteiger partial charge in [0.2, 0.25) is 11.2 Å². The summed E-state index contributed by atoms with van der Waals surface area (Å²) in [6.07, 6.45) is 3.02. The van der Waals surface area contributed by atoms with Crippen LogP contribution in [0.1, 0.15) is 39.8 Å². The van der Waals surface area contributed by atoms with Crippen LogP contribution < -0.4 is 15.5 Å². The Hall–Kier alpha value is -2.81. The summed E-state index contributed by atoms with van der Waals surface area (Å²) in [4.78, 5) is 30.9. The third-order valence-electron chi connectivity index (χ3n) is 4.80. The van der Waals surface area contributed by atoms with Crippen LogP contribution in [0.4, 0.5) is 13.9 Å². The van der Waals surface area contributed by atoms with Crippen molar-refractivity contribution in [1.82, 2.24) is 9.55 Å². The van der Waals surface area contributed by atoms with Crippen molar-refractivity contribution in [2.24, 2.45) is 0 Å². The Morgan fingerprint density at radius 1 is 1.36 bits per heavy atom. The first-order chi connectivity index (χ1) is 13.3. The van der Waals surface area contributed by atoms with Crippen molar-refractivity contribution < 1.29 is 18.3 Å². The van der Waals surface area contributed by atoms with E-state index in [1.54, 1.807) is 4.57 Å². The van der Waals surface area contributed by atoms with Gasteiger partial charge < -0.3 is 9.30 Å². The van der Waals surface area contributed by atoms with Gasteiger partial charge in [0.25, 0.3) is 5.91 Å². The van der Waals surface area contributed by atoms with Crippen molar-refractivity contribution in [3.63, 3.8) is 0 Å². The number of anilines is 1. The normalized spacial score (nSPS) is 13.8. The van der Waals surface area contributed by atoms with Crippen LogP contribution >= 0.6 is 11.3 Å².